The monoisotopic (exact) mass is 346 g/mol. The summed E-state index contributed by atoms with van der Waals surface area (Å²) >= 11 is 0. The molecule has 0 radical (unpaired) electrons. The highest BCUT2D eigenvalue weighted by atomic mass is 16.5. The Labute approximate surface area is 151 Å². The Morgan fingerprint density at radius 1 is 1.20 bits per heavy atom. The lowest BCUT2D eigenvalue weighted by Crippen LogP contribution is -2.38. The van der Waals surface area contributed by atoms with E-state index in [1.807, 2.05) is 12.1 Å². The highest BCUT2D eigenvalue weighted by Gasteiger charge is 2.40. The maximum atomic E-state index is 10.2. The van der Waals surface area contributed by atoms with E-state index in [9.17, 15) is 5.26 Å². The molecule has 1 saturated heterocycles. The molecule has 0 bridgehead atoms. The summed E-state index contributed by atoms with van der Waals surface area (Å²) in [5.74, 6) is 2.42. The second kappa shape index (κ2) is 8.44. The molecule has 1 fully saturated rings. The molecule has 0 aliphatic carbocycles. The van der Waals surface area contributed by atoms with Gasteiger partial charge in [0, 0.05) is 0 Å². The van der Waals surface area contributed by atoms with Crippen molar-refractivity contribution in [1.29, 1.82) is 5.26 Å². The van der Waals surface area contributed by atoms with E-state index in [0.717, 1.165) is 31.5 Å². The van der Waals surface area contributed by atoms with Crippen molar-refractivity contribution < 1.29 is 14.2 Å². The third-order valence-electron chi connectivity index (χ3n) is 5.37. The molecular weight excluding hydrogens is 316 g/mol. The normalized spacial score (nSPS) is 19.8. The van der Waals surface area contributed by atoms with Gasteiger partial charge in [0.15, 0.2) is 11.5 Å². The van der Waals surface area contributed by atoms with Gasteiger partial charge in [-0.3, -0.25) is 0 Å². The van der Waals surface area contributed by atoms with Gasteiger partial charge >= 0.3 is 0 Å². The molecule has 138 valence electrons. The molecule has 0 amide bonds. The van der Waals surface area contributed by atoms with Crippen molar-refractivity contribution in [3.63, 3.8) is 0 Å². The lowest BCUT2D eigenvalue weighted by molar-refractivity contribution is 0.259. The number of hydrogen-bond donors (Lipinski definition) is 1. The predicted octanol–water partition coefficient (Wildman–Crippen LogP) is 3.52. The number of hydrogen-bond acceptors (Lipinski definition) is 5. The molecule has 0 spiro atoms. The average Bonchev–Trinajstić information content (AvgIpc) is 2.65. The highest BCUT2D eigenvalue weighted by molar-refractivity contribution is 5.56. The van der Waals surface area contributed by atoms with Gasteiger partial charge < -0.3 is 19.5 Å². The maximum absolute atomic E-state index is 10.2. The van der Waals surface area contributed by atoms with Gasteiger partial charge in [-0.05, 0) is 61.9 Å². The fourth-order valence-corrected chi connectivity index (χ4v) is 3.82. The molecule has 1 aromatic rings. The minimum absolute atomic E-state index is 0.169. The summed E-state index contributed by atoms with van der Waals surface area (Å²) in [6.45, 7) is 6.27. The number of methoxy groups -OCH3 is 3. The number of ether oxygens (including phenoxy) is 3. The topological polar surface area (TPSA) is 63.5 Å². The maximum Gasteiger partial charge on any atom is 0.203 e. The Balaban J connectivity index is 2.52. The fourth-order valence-electron chi connectivity index (χ4n) is 3.82. The van der Waals surface area contributed by atoms with Crippen molar-refractivity contribution in [3.05, 3.63) is 17.7 Å². The molecule has 1 aliphatic rings. The van der Waals surface area contributed by atoms with E-state index in [2.05, 4.69) is 25.2 Å². The van der Waals surface area contributed by atoms with Gasteiger partial charge in [0.05, 0.1) is 32.8 Å². The summed E-state index contributed by atoms with van der Waals surface area (Å²) in [7, 11) is 4.80. The van der Waals surface area contributed by atoms with Gasteiger partial charge in [-0.15, -0.1) is 0 Å². The molecule has 1 aromatic carbocycles. The zero-order valence-corrected chi connectivity index (χ0v) is 16.0. The first-order valence-corrected chi connectivity index (χ1v) is 8.94. The van der Waals surface area contributed by atoms with Gasteiger partial charge in [0.2, 0.25) is 5.75 Å². The highest BCUT2D eigenvalue weighted by Crippen LogP contribution is 2.46. The summed E-state index contributed by atoms with van der Waals surface area (Å²) in [6, 6.07) is 6.50. The van der Waals surface area contributed by atoms with Gasteiger partial charge in [0.25, 0.3) is 0 Å². The number of benzene rings is 1. The van der Waals surface area contributed by atoms with Crippen molar-refractivity contribution in [2.75, 3.05) is 34.4 Å². The number of piperidine rings is 1. The Morgan fingerprint density at radius 3 is 2.24 bits per heavy atom. The van der Waals surface area contributed by atoms with Crippen LogP contribution < -0.4 is 19.5 Å². The minimum atomic E-state index is -0.587. The third-order valence-corrected chi connectivity index (χ3v) is 5.37. The smallest absolute Gasteiger partial charge is 0.203 e. The van der Waals surface area contributed by atoms with E-state index in [0.29, 0.717) is 23.2 Å². The van der Waals surface area contributed by atoms with Crippen LogP contribution in [0.4, 0.5) is 0 Å². The van der Waals surface area contributed by atoms with Gasteiger partial charge in [0.1, 0.15) is 0 Å². The van der Waals surface area contributed by atoms with E-state index in [1.165, 1.54) is 6.42 Å². The predicted molar refractivity (Wildman–Crippen MR) is 98.4 cm³/mol. The fraction of sp³-hybridized carbons (Fsp3) is 0.650. The van der Waals surface area contributed by atoms with Gasteiger partial charge in [-0.1, -0.05) is 13.8 Å². The Hall–Kier alpha value is -1.93. The summed E-state index contributed by atoms with van der Waals surface area (Å²) in [5.41, 5.74) is 0.348. The molecule has 1 aliphatic heterocycles. The van der Waals surface area contributed by atoms with E-state index < -0.39 is 5.41 Å². The number of nitrogens with zero attached hydrogens (tertiary/aromatic N) is 1. The molecule has 5 heteroatoms. The van der Waals surface area contributed by atoms with Crippen LogP contribution in [-0.2, 0) is 5.41 Å². The van der Waals surface area contributed by atoms with Gasteiger partial charge in [-0.2, -0.15) is 5.26 Å². The van der Waals surface area contributed by atoms with Crippen LogP contribution in [-0.4, -0.2) is 34.4 Å². The second-order valence-corrected chi connectivity index (χ2v) is 7.07. The minimum Gasteiger partial charge on any atom is -0.493 e. The first-order chi connectivity index (χ1) is 12.0. The SMILES string of the molecule is COc1cc(C(C#N)(CC2CCCNC2)C(C)C)cc(OC)c1OC. The van der Waals surface area contributed by atoms with Crippen molar-refractivity contribution in [3.8, 4) is 23.3 Å². The Bertz CT molecular complexity index is 593. The molecular formula is C20H30N2O3. The number of nitriles is 1. The molecule has 0 saturated carbocycles. The summed E-state index contributed by atoms with van der Waals surface area (Å²) in [6.07, 6.45) is 3.15. The average molecular weight is 346 g/mol. The number of nitrogens with one attached hydrogen (secondary N) is 1. The first kappa shape index (κ1) is 19.4. The zero-order chi connectivity index (χ0) is 18.4. The van der Waals surface area contributed by atoms with E-state index in [1.54, 1.807) is 21.3 Å². The molecule has 2 unspecified atom stereocenters. The molecule has 1 heterocycles. The van der Waals surface area contributed by atoms with Crippen LogP contribution in [0.5, 0.6) is 17.2 Å². The first-order valence-electron chi connectivity index (χ1n) is 8.94. The number of rotatable bonds is 7. The van der Waals surface area contributed by atoms with Crippen molar-refractivity contribution in [2.45, 2.75) is 38.5 Å². The van der Waals surface area contributed by atoms with Gasteiger partial charge in [-0.25, -0.2) is 0 Å². The van der Waals surface area contributed by atoms with Crippen LogP contribution in [0.15, 0.2) is 12.1 Å². The Kier molecular flexibility index (Phi) is 6.55. The zero-order valence-electron chi connectivity index (χ0n) is 16.0. The van der Waals surface area contributed by atoms with Crippen molar-refractivity contribution in [2.24, 2.45) is 11.8 Å². The molecule has 1 N–H and O–H groups in total. The van der Waals surface area contributed by atoms with E-state index >= 15 is 0 Å². The second-order valence-electron chi connectivity index (χ2n) is 7.07. The summed E-state index contributed by atoms with van der Waals surface area (Å²) in [5, 5.41) is 13.7. The Morgan fingerprint density at radius 2 is 1.84 bits per heavy atom. The molecule has 2 atom stereocenters. The standard InChI is InChI=1S/C20H30N2O3/c1-14(2)20(13-21,11-15-7-6-8-22-12-15)16-9-17(23-3)19(25-5)18(10-16)24-4/h9-10,14-15,22H,6-8,11-12H2,1-5H3. The van der Waals surface area contributed by atoms with E-state index in [4.69, 9.17) is 14.2 Å². The molecule has 2 rings (SSSR count). The van der Waals surface area contributed by atoms with Crippen LogP contribution >= 0.6 is 0 Å². The van der Waals surface area contributed by atoms with Crippen molar-refractivity contribution >= 4 is 0 Å². The van der Waals surface area contributed by atoms with Crippen LogP contribution in [0.1, 0.15) is 38.7 Å². The summed E-state index contributed by atoms with van der Waals surface area (Å²) in [4.78, 5) is 0. The summed E-state index contributed by atoms with van der Waals surface area (Å²) < 4.78 is 16.4. The van der Waals surface area contributed by atoms with Crippen LogP contribution in [0.25, 0.3) is 0 Å². The van der Waals surface area contributed by atoms with Crippen molar-refractivity contribution in [1.82, 2.24) is 5.32 Å². The van der Waals surface area contributed by atoms with Crippen LogP contribution in [0, 0.1) is 23.2 Å². The lowest BCUT2D eigenvalue weighted by atomic mass is 9.66. The molecule has 5 nitrogen and oxygen atoms in total. The molecule has 25 heavy (non-hydrogen) atoms. The third kappa shape index (κ3) is 3.85. The van der Waals surface area contributed by atoms with E-state index in [-0.39, 0.29) is 5.92 Å². The van der Waals surface area contributed by atoms with Crippen LogP contribution in [0.3, 0.4) is 0 Å². The van der Waals surface area contributed by atoms with Crippen LogP contribution in [0.2, 0.25) is 0 Å². The quantitative estimate of drug-likeness (QED) is 0.818. The molecule has 0 aromatic heterocycles. The lowest BCUT2D eigenvalue weighted by Gasteiger charge is -2.36. The largest absolute Gasteiger partial charge is 0.493 e.